The normalized spacial score (nSPS) is 24.2. The van der Waals surface area contributed by atoms with Crippen LogP contribution in [0.25, 0.3) is 16.9 Å². The Kier molecular flexibility index (Phi) is 9.00. The van der Waals surface area contributed by atoms with Crippen molar-refractivity contribution in [2.45, 2.75) is 38.3 Å². The molecule has 3 aliphatic carbocycles. The number of nitrogens with two attached hydrogens (primary N) is 2. The lowest BCUT2D eigenvalue weighted by Crippen LogP contribution is -2.65. The van der Waals surface area contributed by atoms with Crippen LogP contribution in [0.15, 0.2) is 53.3 Å². The highest BCUT2D eigenvalue weighted by atomic mass is 16.3. The van der Waals surface area contributed by atoms with Crippen LogP contribution in [0, 0.1) is 18.8 Å². The van der Waals surface area contributed by atoms with Gasteiger partial charge in [-0.2, -0.15) is 0 Å². The number of aliphatic hydroxyl groups excluding tert-OH is 2. The van der Waals surface area contributed by atoms with Gasteiger partial charge in [-0.3, -0.25) is 24.1 Å². The van der Waals surface area contributed by atoms with Gasteiger partial charge in [0.05, 0.1) is 11.6 Å². The molecule has 2 aromatic carbocycles. The first-order chi connectivity index (χ1) is 20.7. The van der Waals surface area contributed by atoms with Gasteiger partial charge in [-0.05, 0) is 62.5 Å². The molecule has 12 heteroatoms. The number of aromatic hydroxyl groups is 1. The Morgan fingerprint density at radius 3 is 2.34 bits per heavy atom. The van der Waals surface area contributed by atoms with E-state index < -0.39 is 58.0 Å². The SMILES string of the molecule is CC(=O)NCCN.Cc1cccc(-c2ccc(O)c3c2C[C@H]2C[C@H]4[C@H](N(C)C)C(=O)C(C(N)=O)=C(O)[C@@]4(O)C(=O)C2=C3O)c1. The average molecular weight is 607 g/mol. The smallest absolute Gasteiger partial charge is 0.255 e. The van der Waals surface area contributed by atoms with Crippen molar-refractivity contribution in [3.05, 3.63) is 70.0 Å². The van der Waals surface area contributed by atoms with Gasteiger partial charge in [0, 0.05) is 31.5 Å². The summed E-state index contributed by atoms with van der Waals surface area (Å²) in [6.07, 6.45) is 0.293. The van der Waals surface area contributed by atoms with Crippen LogP contribution in [0.1, 0.15) is 30.0 Å². The number of fused-ring (bicyclic) bond motifs is 3. The van der Waals surface area contributed by atoms with Crippen LogP contribution in [0.4, 0.5) is 0 Å². The first-order valence-corrected chi connectivity index (χ1v) is 14.2. The van der Waals surface area contributed by atoms with Crippen LogP contribution in [0.5, 0.6) is 5.75 Å². The van der Waals surface area contributed by atoms with E-state index in [1.807, 2.05) is 31.2 Å². The van der Waals surface area contributed by atoms with Crippen molar-refractivity contribution in [3.63, 3.8) is 0 Å². The van der Waals surface area contributed by atoms with E-state index in [-0.39, 0.29) is 35.6 Å². The minimum atomic E-state index is -2.64. The van der Waals surface area contributed by atoms with Crippen LogP contribution < -0.4 is 16.8 Å². The number of primary amides is 1. The number of Topliss-reactive ketones (excluding diaryl/α,β-unsaturated/α-hetero) is 2. The molecular weight excluding hydrogens is 568 g/mol. The number of aliphatic hydroxyl groups is 3. The zero-order valence-electron chi connectivity index (χ0n) is 25.0. The number of benzene rings is 2. The summed E-state index contributed by atoms with van der Waals surface area (Å²) >= 11 is 0. The fraction of sp³-hybridized carbons (Fsp3) is 0.375. The van der Waals surface area contributed by atoms with E-state index in [0.717, 1.165) is 16.7 Å². The fourth-order valence-corrected chi connectivity index (χ4v) is 6.58. The fourth-order valence-electron chi connectivity index (χ4n) is 6.58. The molecule has 0 heterocycles. The maximum Gasteiger partial charge on any atom is 0.255 e. The molecule has 0 bridgehead atoms. The number of phenols is 1. The van der Waals surface area contributed by atoms with Gasteiger partial charge in [0.25, 0.3) is 5.91 Å². The standard InChI is InChI=1S/C28H28N2O7.C4H10N2O/c1-12-5-4-6-13(9-12)15-7-8-18(31)20-16(15)10-14-11-17-22(30(2)3)24(33)21(27(29)36)26(35)28(17,37)25(34)19(14)23(20)32;1-4(7)6-3-2-5/h4-9,14,17,22,31-32,35,37H,10-11H2,1-3H3,(H2,29,36);2-3,5H2,1H3,(H,6,7)/t14-,17-,22-,28-;/m0./s1. The van der Waals surface area contributed by atoms with E-state index in [0.29, 0.717) is 18.7 Å². The van der Waals surface area contributed by atoms with Gasteiger partial charge in [-0.15, -0.1) is 0 Å². The van der Waals surface area contributed by atoms with Gasteiger partial charge >= 0.3 is 0 Å². The average Bonchev–Trinajstić information content (AvgIpc) is 2.94. The van der Waals surface area contributed by atoms with Crippen LogP contribution in [-0.2, 0) is 25.6 Å². The lowest BCUT2D eigenvalue weighted by molar-refractivity contribution is -0.153. The number of ketones is 2. The summed E-state index contributed by atoms with van der Waals surface area (Å²) in [5.74, 6) is -6.63. The van der Waals surface area contributed by atoms with Crippen LogP contribution in [-0.4, -0.2) is 87.5 Å². The number of nitrogens with one attached hydrogen (secondary N) is 1. The van der Waals surface area contributed by atoms with E-state index in [2.05, 4.69) is 5.32 Å². The quantitative estimate of drug-likeness (QED) is 0.240. The molecule has 4 atom stereocenters. The summed E-state index contributed by atoms with van der Waals surface area (Å²) in [4.78, 5) is 50.6. The first kappa shape index (κ1) is 32.4. The second kappa shape index (κ2) is 12.2. The lowest BCUT2D eigenvalue weighted by Gasteiger charge is -2.50. The molecule has 0 saturated heterocycles. The Balaban J connectivity index is 0.000000566. The van der Waals surface area contributed by atoms with E-state index in [1.165, 1.54) is 17.9 Å². The molecule has 9 N–H and O–H groups in total. The monoisotopic (exact) mass is 606 g/mol. The van der Waals surface area contributed by atoms with Crippen molar-refractivity contribution in [1.82, 2.24) is 10.2 Å². The third kappa shape index (κ3) is 5.36. The number of phenolic OH excluding ortho intramolecular Hbond substituents is 1. The second-order valence-corrected chi connectivity index (χ2v) is 11.6. The number of nitrogens with zero attached hydrogens (tertiary/aromatic N) is 1. The maximum atomic E-state index is 13.9. The summed E-state index contributed by atoms with van der Waals surface area (Å²) in [5.41, 5.74) is 10.2. The summed E-state index contributed by atoms with van der Waals surface area (Å²) in [5, 5.41) is 47.1. The van der Waals surface area contributed by atoms with Gasteiger partial charge in [0.15, 0.2) is 11.4 Å². The Morgan fingerprint density at radius 2 is 1.80 bits per heavy atom. The number of amides is 2. The van der Waals surface area contributed by atoms with Crippen molar-refractivity contribution >= 4 is 29.1 Å². The Hall–Kier alpha value is -4.52. The molecule has 2 amide bonds. The number of aryl methyl sites for hydroxylation is 1. The number of rotatable bonds is 5. The molecular formula is C32H38N4O8. The highest BCUT2D eigenvalue weighted by Gasteiger charge is 2.64. The summed E-state index contributed by atoms with van der Waals surface area (Å²) < 4.78 is 0. The van der Waals surface area contributed by atoms with Gasteiger partial charge in [0.2, 0.25) is 11.7 Å². The van der Waals surface area contributed by atoms with Crippen LogP contribution in [0.2, 0.25) is 0 Å². The molecule has 0 unspecified atom stereocenters. The van der Waals surface area contributed by atoms with Crippen molar-refractivity contribution in [3.8, 4) is 16.9 Å². The van der Waals surface area contributed by atoms with E-state index >= 15 is 0 Å². The summed E-state index contributed by atoms with van der Waals surface area (Å²) in [6, 6.07) is 9.82. The molecule has 1 fully saturated rings. The summed E-state index contributed by atoms with van der Waals surface area (Å²) in [6.45, 7) is 4.51. The minimum Gasteiger partial charge on any atom is -0.508 e. The van der Waals surface area contributed by atoms with Crippen molar-refractivity contribution in [2.24, 2.45) is 23.3 Å². The predicted octanol–water partition coefficient (Wildman–Crippen LogP) is 1.02. The number of hydrogen-bond donors (Lipinski definition) is 7. The van der Waals surface area contributed by atoms with Crippen LogP contribution in [0.3, 0.4) is 0 Å². The molecule has 1 saturated carbocycles. The molecule has 12 nitrogen and oxygen atoms in total. The molecule has 44 heavy (non-hydrogen) atoms. The highest BCUT2D eigenvalue weighted by molar-refractivity contribution is 6.24. The molecule has 0 radical (unpaired) electrons. The zero-order valence-corrected chi connectivity index (χ0v) is 25.0. The molecule has 0 aromatic heterocycles. The zero-order chi connectivity index (χ0) is 32.7. The minimum absolute atomic E-state index is 0.0227. The number of hydrogen-bond acceptors (Lipinski definition) is 10. The van der Waals surface area contributed by atoms with Crippen molar-refractivity contribution < 1.29 is 39.6 Å². The molecule has 0 aliphatic heterocycles. The molecule has 2 aromatic rings. The second-order valence-electron chi connectivity index (χ2n) is 11.6. The largest absolute Gasteiger partial charge is 0.508 e. The van der Waals surface area contributed by atoms with Gasteiger partial charge in [-0.25, -0.2) is 0 Å². The number of likely N-dealkylation sites (N-methyl/N-ethyl adjacent to an activating group) is 1. The summed E-state index contributed by atoms with van der Waals surface area (Å²) in [7, 11) is 3.14. The Labute approximate surface area is 254 Å². The molecule has 0 spiro atoms. The lowest BCUT2D eigenvalue weighted by atomic mass is 9.57. The third-order valence-corrected chi connectivity index (χ3v) is 8.45. The first-order valence-electron chi connectivity index (χ1n) is 14.2. The number of carbonyl (C=O) groups excluding carboxylic acids is 4. The highest BCUT2D eigenvalue weighted by Crippen LogP contribution is 2.53. The van der Waals surface area contributed by atoms with E-state index in [1.54, 1.807) is 20.2 Å². The van der Waals surface area contributed by atoms with E-state index in [9.17, 15) is 39.6 Å². The Bertz CT molecular complexity index is 1610. The maximum absolute atomic E-state index is 13.9. The van der Waals surface area contributed by atoms with E-state index in [4.69, 9.17) is 11.5 Å². The molecule has 3 aliphatic rings. The van der Waals surface area contributed by atoms with Crippen molar-refractivity contribution in [1.29, 1.82) is 0 Å². The predicted molar refractivity (Wildman–Crippen MR) is 162 cm³/mol. The van der Waals surface area contributed by atoms with Gasteiger partial charge < -0.3 is 37.2 Å². The Morgan fingerprint density at radius 1 is 1.11 bits per heavy atom. The van der Waals surface area contributed by atoms with Crippen LogP contribution >= 0.6 is 0 Å². The van der Waals surface area contributed by atoms with Gasteiger partial charge in [0.1, 0.15) is 22.8 Å². The third-order valence-electron chi connectivity index (χ3n) is 8.45. The molecule has 234 valence electrons. The van der Waals surface area contributed by atoms with Gasteiger partial charge in [-0.1, -0.05) is 35.9 Å². The number of carbonyl (C=O) groups is 4. The van der Waals surface area contributed by atoms with Crippen molar-refractivity contribution in [2.75, 3.05) is 27.2 Å². The topological polar surface area (TPSA) is 217 Å². The molecule has 5 rings (SSSR count).